The summed E-state index contributed by atoms with van der Waals surface area (Å²) in [6.45, 7) is 2.54. The summed E-state index contributed by atoms with van der Waals surface area (Å²) in [5.41, 5.74) is 1.66. The van der Waals surface area contributed by atoms with E-state index in [2.05, 4.69) is 0 Å². The van der Waals surface area contributed by atoms with Crippen LogP contribution in [0.3, 0.4) is 0 Å². The van der Waals surface area contributed by atoms with E-state index in [0.717, 1.165) is 10.9 Å². The molecule has 0 atom stereocenters. The summed E-state index contributed by atoms with van der Waals surface area (Å²) in [5.74, 6) is -0.273. The first kappa shape index (κ1) is 13.7. The van der Waals surface area contributed by atoms with Crippen LogP contribution < -0.4 is 0 Å². The van der Waals surface area contributed by atoms with Crippen LogP contribution in [0, 0.1) is 0 Å². The van der Waals surface area contributed by atoms with Crippen molar-refractivity contribution in [1.82, 2.24) is 4.57 Å². The van der Waals surface area contributed by atoms with Crippen molar-refractivity contribution in [2.45, 2.75) is 19.9 Å². The Kier molecular flexibility index (Phi) is 4.27. The molecule has 4 heteroatoms. The molecule has 0 aliphatic carbocycles. The van der Waals surface area contributed by atoms with E-state index in [1.165, 1.54) is 7.11 Å². The summed E-state index contributed by atoms with van der Waals surface area (Å²) in [7, 11) is 1.40. The number of carbonyl (C=O) groups is 1. The number of rotatable bonds is 4. The highest BCUT2D eigenvalue weighted by atomic mass is 35.5. The molecular formula is C15H16ClNO2. The van der Waals surface area contributed by atoms with Gasteiger partial charge >= 0.3 is 5.97 Å². The van der Waals surface area contributed by atoms with Crippen LogP contribution in [0.4, 0.5) is 0 Å². The molecule has 19 heavy (non-hydrogen) atoms. The van der Waals surface area contributed by atoms with Crippen molar-refractivity contribution >= 4 is 28.5 Å². The van der Waals surface area contributed by atoms with Crippen molar-refractivity contribution in [3.63, 3.8) is 0 Å². The van der Waals surface area contributed by atoms with Crippen molar-refractivity contribution in [2.24, 2.45) is 0 Å². The maximum Gasteiger partial charge on any atom is 0.333 e. The van der Waals surface area contributed by atoms with E-state index in [4.69, 9.17) is 16.3 Å². The Bertz CT molecular complexity index is 628. The lowest BCUT2D eigenvalue weighted by Gasteiger charge is -2.06. The number of ether oxygens (including phenoxy) is 1. The highest BCUT2D eigenvalue weighted by molar-refractivity contribution is 6.35. The molecule has 0 aliphatic heterocycles. The van der Waals surface area contributed by atoms with Gasteiger partial charge in [-0.25, -0.2) is 4.79 Å². The van der Waals surface area contributed by atoms with Crippen molar-refractivity contribution in [3.05, 3.63) is 47.1 Å². The Balaban J connectivity index is 2.31. The highest BCUT2D eigenvalue weighted by Gasteiger charge is 2.08. The van der Waals surface area contributed by atoms with E-state index in [9.17, 15) is 4.79 Å². The number of halogens is 1. The standard InChI is InChI=1S/C15H16ClNO2/c1-3-11(15(18)19-2)7-9-17-10-8-12-5-4-6-13(16)14(12)17/h4-8,10H,3,9H2,1-2H3/b11-7-. The van der Waals surface area contributed by atoms with E-state index in [1.807, 2.05) is 48.0 Å². The lowest BCUT2D eigenvalue weighted by atomic mass is 10.2. The van der Waals surface area contributed by atoms with Gasteiger partial charge in [0.15, 0.2) is 0 Å². The van der Waals surface area contributed by atoms with Gasteiger partial charge < -0.3 is 9.30 Å². The van der Waals surface area contributed by atoms with Gasteiger partial charge in [0, 0.05) is 23.7 Å². The Morgan fingerprint density at radius 3 is 2.89 bits per heavy atom. The quantitative estimate of drug-likeness (QED) is 0.629. The molecule has 0 saturated carbocycles. The van der Waals surface area contributed by atoms with E-state index in [-0.39, 0.29) is 5.97 Å². The molecule has 0 bridgehead atoms. The highest BCUT2D eigenvalue weighted by Crippen LogP contribution is 2.24. The second-order valence-corrected chi connectivity index (χ2v) is 4.63. The van der Waals surface area contributed by atoms with Crippen LogP contribution in [0.2, 0.25) is 5.02 Å². The minimum Gasteiger partial charge on any atom is -0.466 e. The number of carbonyl (C=O) groups excluding carboxylic acids is 1. The maximum absolute atomic E-state index is 11.5. The first-order valence-corrected chi connectivity index (χ1v) is 6.56. The van der Waals surface area contributed by atoms with Crippen LogP contribution in [-0.2, 0) is 16.1 Å². The monoisotopic (exact) mass is 277 g/mol. The topological polar surface area (TPSA) is 31.2 Å². The third kappa shape index (κ3) is 2.82. The third-order valence-electron chi connectivity index (χ3n) is 3.10. The van der Waals surface area contributed by atoms with Gasteiger partial charge in [-0.15, -0.1) is 0 Å². The number of methoxy groups -OCH3 is 1. The zero-order chi connectivity index (χ0) is 13.8. The van der Waals surface area contributed by atoms with Crippen LogP contribution >= 0.6 is 11.6 Å². The number of hydrogen-bond acceptors (Lipinski definition) is 2. The molecule has 1 aromatic heterocycles. The number of para-hydroxylation sites is 1. The van der Waals surface area contributed by atoms with Crippen LogP contribution in [0.5, 0.6) is 0 Å². The Labute approximate surface area is 117 Å². The molecule has 0 unspecified atom stereocenters. The van der Waals surface area contributed by atoms with Crippen LogP contribution in [0.15, 0.2) is 42.1 Å². The smallest absolute Gasteiger partial charge is 0.333 e. The predicted octanol–water partition coefficient (Wildman–Crippen LogP) is 3.80. The summed E-state index contributed by atoms with van der Waals surface area (Å²) in [6, 6.07) is 7.82. The van der Waals surface area contributed by atoms with E-state index in [0.29, 0.717) is 23.6 Å². The Hall–Kier alpha value is -1.74. The zero-order valence-corrected chi connectivity index (χ0v) is 11.8. The molecule has 1 heterocycles. The summed E-state index contributed by atoms with van der Waals surface area (Å²) >= 11 is 6.21. The summed E-state index contributed by atoms with van der Waals surface area (Å²) in [4.78, 5) is 11.5. The molecule has 2 rings (SSSR count). The fourth-order valence-electron chi connectivity index (χ4n) is 2.08. The van der Waals surface area contributed by atoms with Gasteiger partial charge in [-0.1, -0.05) is 36.7 Å². The lowest BCUT2D eigenvalue weighted by molar-refractivity contribution is -0.136. The molecule has 0 aliphatic rings. The molecule has 0 fully saturated rings. The van der Waals surface area contributed by atoms with Gasteiger partial charge in [-0.2, -0.15) is 0 Å². The molecular weight excluding hydrogens is 262 g/mol. The van der Waals surface area contributed by atoms with Gasteiger partial charge in [0.05, 0.1) is 17.6 Å². The average Bonchev–Trinajstić information content (AvgIpc) is 2.84. The summed E-state index contributed by atoms with van der Waals surface area (Å²) < 4.78 is 6.77. The van der Waals surface area contributed by atoms with Crippen LogP contribution in [0.25, 0.3) is 10.9 Å². The number of fused-ring (bicyclic) bond motifs is 1. The van der Waals surface area contributed by atoms with E-state index < -0.39 is 0 Å². The average molecular weight is 278 g/mol. The maximum atomic E-state index is 11.5. The summed E-state index contributed by atoms with van der Waals surface area (Å²) in [5, 5.41) is 1.81. The third-order valence-corrected chi connectivity index (χ3v) is 3.41. The van der Waals surface area contributed by atoms with Gasteiger partial charge in [0.1, 0.15) is 0 Å². The second-order valence-electron chi connectivity index (χ2n) is 4.22. The fourth-order valence-corrected chi connectivity index (χ4v) is 2.37. The molecule has 0 saturated heterocycles. The number of esters is 1. The van der Waals surface area contributed by atoms with E-state index >= 15 is 0 Å². The minimum absolute atomic E-state index is 0.273. The number of hydrogen-bond donors (Lipinski definition) is 0. The molecule has 0 spiro atoms. The largest absolute Gasteiger partial charge is 0.466 e. The van der Waals surface area contributed by atoms with Crippen molar-refractivity contribution in [1.29, 1.82) is 0 Å². The molecule has 0 amide bonds. The molecule has 2 aromatic rings. The van der Waals surface area contributed by atoms with Gasteiger partial charge in [-0.3, -0.25) is 0 Å². The SMILES string of the molecule is CC/C(=C/Cn1ccc2cccc(Cl)c21)C(=O)OC. The number of benzene rings is 1. The van der Waals surface area contributed by atoms with Gasteiger partial charge in [-0.05, 0) is 18.6 Å². The Morgan fingerprint density at radius 1 is 1.42 bits per heavy atom. The number of allylic oxidation sites excluding steroid dienone is 1. The lowest BCUT2D eigenvalue weighted by Crippen LogP contribution is -2.05. The molecule has 0 N–H and O–H groups in total. The molecule has 100 valence electrons. The van der Waals surface area contributed by atoms with Crippen molar-refractivity contribution < 1.29 is 9.53 Å². The van der Waals surface area contributed by atoms with Crippen LogP contribution in [0.1, 0.15) is 13.3 Å². The van der Waals surface area contributed by atoms with Gasteiger partial charge in [0.25, 0.3) is 0 Å². The molecule has 0 radical (unpaired) electrons. The van der Waals surface area contributed by atoms with Crippen molar-refractivity contribution in [3.8, 4) is 0 Å². The number of aromatic nitrogens is 1. The van der Waals surface area contributed by atoms with Gasteiger partial charge in [0.2, 0.25) is 0 Å². The zero-order valence-electron chi connectivity index (χ0n) is 11.0. The fraction of sp³-hybridized carbons (Fsp3) is 0.267. The minimum atomic E-state index is -0.273. The molecule has 1 aromatic carbocycles. The Morgan fingerprint density at radius 2 is 2.21 bits per heavy atom. The summed E-state index contributed by atoms with van der Waals surface area (Å²) in [6.07, 6.45) is 4.51. The predicted molar refractivity (Wildman–Crippen MR) is 77.3 cm³/mol. The number of nitrogens with zero attached hydrogens (tertiary/aromatic N) is 1. The normalized spacial score (nSPS) is 11.8. The van der Waals surface area contributed by atoms with Crippen LogP contribution in [-0.4, -0.2) is 17.6 Å². The second kappa shape index (κ2) is 5.93. The van der Waals surface area contributed by atoms with E-state index in [1.54, 1.807) is 0 Å². The van der Waals surface area contributed by atoms with Crippen molar-refractivity contribution in [2.75, 3.05) is 7.11 Å². The molecule has 3 nitrogen and oxygen atoms in total. The first-order valence-electron chi connectivity index (χ1n) is 6.18. The first-order chi connectivity index (χ1) is 9.17.